The molecule has 16 heavy (non-hydrogen) atoms. The Balaban J connectivity index is 1.99. The Bertz CT molecular complexity index is 350. The van der Waals surface area contributed by atoms with Crippen LogP contribution in [0.5, 0.6) is 0 Å². The largest absolute Gasteiger partial charge is 0.309 e. The van der Waals surface area contributed by atoms with Gasteiger partial charge in [0.15, 0.2) is 0 Å². The third-order valence-electron chi connectivity index (χ3n) is 3.59. The summed E-state index contributed by atoms with van der Waals surface area (Å²) in [5.74, 6) is 0. The maximum absolute atomic E-state index is 3.77. The minimum atomic E-state index is 0.219. The van der Waals surface area contributed by atoms with Gasteiger partial charge in [0.1, 0.15) is 0 Å². The third-order valence-corrected chi connectivity index (χ3v) is 3.59. The highest BCUT2D eigenvalue weighted by molar-refractivity contribution is 5.27. The summed E-state index contributed by atoms with van der Waals surface area (Å²) in [7, 11) is 0. The van der Waals surface area contributed by atoms with Crippen molar-refractivity contribution in [2.24, 2.45) is 0 Å². The van der Waals surface area contributed by atoms with Gasteiger partial charge in [-0.05, 0) is 51.2 Å². The second-order valence-corrected chi connectivity index (χ2v) is 5.76. The molecule has 1 heteroatoms. The Labute approximate surface area is 99.3 Å². The molecule has 0 unspecified atom stereocenters. The van der Waals surface area contributed by atoms with Crippen LogP contribution in [0.1, 0.15) is 44.2 Å². The number of aryl methyl sites for hydroxylation is 1. The van der Waals surface area contributed by atoms with Gasteiger partial charge in [-0.2, -0.15) is 0 Å². The van der Waals surface area contributed by atoms with Crippen molar-refractivity contribution < 1.29 is 0 Å². The van der Waals surface area contributed by atoms with E-state index in [0.29, 0.717) is 0 Å². The standard InChI is InChI=1S/C15H23N/c1-12-7-4-5-8-13(12)11-15(2,3)16-14-9-6-10-14/h4-5,7-8,14,16H,6,9-11H2,1-3H3. The molecule has 0 heterocycles. The second kappa shape index (κ2) is 4.58. The highest BCUT2D eigenvalue weighted by Crippen LogP contribution is 2.23. The van der Waals surface area contributed by atoms with Crippen LogP contribution in [-0.2, 0) is 6.42 Å². The summed E-state index contributed by atoms with van der Waals surface area (Å²) in [6.07, 6.45) is 5.24. The third kappa shape index (κ3) is 2.85. The van der Waals surface area contributed by atoms with Crippen molar-refractivity contribution in [3.63, 3.8) is 0 Å². The molecular formula is C15H23N. The molecule has 0 spiro atoms. The molecule has 1 saturated carbocycles. The van der Waals surface area contributed by atoms with E-state index in [0.717, 1.165) is 12.5 Å². The zero-order valence-electron chi connectivity index (χ0n) is 10.7. The molecule has 0 bridgehead atoms. The van der Waals surface area contributed by atoms with Gasteiger partial charge < -0.3 is 5.32 Å². The zero-order valence-corrected chi connectivity index (χ0v) is 10.7. The Morgan fingerprint density at radius 1 is 1.25 bits per heavy atom. The first-order valence-electron chi connectivity index (χ1n) is 6.39. The van der Waals surface area contributed by atoms with Crippen LogP contribution in [0.2, 0.25) is 0 Å². The van der Waals surface area contributed by atoms with Crippen molar-refractivity contribution in [1.29, 1.82) is 0 Å². The monoisotopic (exact) mass is 217 g/mol. The molecule has 0 aliphatic heterocycles. The van der Waals surface area contributed by atoms with E-state index in [1.165, 1.54) is 30.4 Å². The molecule has 2 rings (SSSR count). The molecular weight excluding hydrogens is 194 g/mol. The van der Waals surface area contributed by atoms with Crippen LogP contribution >= 0.6 is 0 Å². The van der Waals surface area contributed by atoms with E-state index < -0.39 is 0 Å². The molecule has 1 N–H and O–H groups in total. The minimum Gasteiger partial charge on any atom is -0.309 e. The molecule has 1 aliphatic carbocycles. The quantitative estimate of drug-likeness (QED) is 0.814. The highest BCUT2D eigenvalue weighted by Gasteiger charge is 2.26. The fourth-order valence-electron chi connectivity index (χ4n) is 2.44. The zero-order chi connectivity index (χ0) is 11.6. The molecule has 1 fully saturated rings. The summed E-state index contributed by atoms with van der Waals surface area (Å²) in [4.78, 5) is 0. The first-order valence-corrected chi connectivity index (χ1v) is 6.39. The van der Waals surface area contributed by atoms with Gasteiger partial charge in [-0.15, -0.1) is 0 Å². The van der Waals surface area contributed by atoms with Crippen LogP contribution < -0.4 is 5.32 Å². The van der Waals surface area contributed by atoms with Gasteiger partial charge in [-0.1, -0.05) is 30.7 Å². The summed E-state index contributed by atoms with van der Waals surface area (Å²) in [5, 5.41) is 3.77. The predicted octanol–water partition coefficient (Wildman–Crippen LogP) is 3.46. The molecule has 0 radical (unpaired) electrons. The number of benzene rings is 1. The maximum atomic E-state index is 3.77. The lowest BCUT2D eigenvalue weighted by molar-refractivity contribution is 0.251. The Hall–Kier alpha value is -0.820. The van der Waals surface area contributed by atoms with Gasteiger partial charge in [0, 0.05) is 11.6 Å². The van der Waals surface area contributed by atoms with E-state index in [1.807, 2.05) is 0 Å². The van der Waals surface area contributed by atoms with E-state index in [2.05, 4.69) is 50.4 Å². The van der Waals surface area contributed by atoms with Crippen LogP contribution in [0.15, 0.2) is 24.3 Å². The Morgan fingerprint density at radius 3 is 2.50 bits per heavy atom. The van der Waals surface area contributed by atoms with Crippen LogP contribution in [0.25, 0.3) is 0 Å². The predicted molar refractivity (Wildman–Crippen MR) is 69.7 cm³/mol. The number of hydrogen-bond acceptors (Lipinski definition) is 1. The van der Waals surface area contributed by atoms with Gasteiger partial charge in [0.2, 0.25) is 0 Å². The molecule has 0 saturated heterocycles. The van der Waals surface area contributed by atoms with E-state index in [4.69, 9.17) is 0 Å². The summed E-state index contributed by atoms with van der Waals surface area (Å²) in [5.41, 5.74) is 3.10. The van der Waals surface area contributed by atoms with Gasteiger partial charge >= 0.3 is 0 Å². The van der Waals surface area contributed by atoms with Gasteiger partial charge in [0.05, 0.1) is 0 Å². The first-order chi connectivity index (χ1) is 7.57. The molecule has 0 amide bonds. The van der Waals surface area contributed by atoms with Gasteiger partial charge in [-0.3, -0.25) is 0 Å². The Kier molecular flexibility index (Phi) is 3.34. The van der Waals surface area contributed by atoms with Crippen LogP contribution in [0.3, 0.4) is 0 Å². The van der Waals surface area contributed by atoms with E-state index in [-0.39, 0.29) is 5.54 Å². The summed E-state index contributed by atoms with van der Waals surface area (Å²) in [6, 6.07) is 9.47. The number of hydrogen-bond donors (Lipinski definition) is 1. The number of nitrogens with one attached hydrogen (secondary N) is 1. The van der Waals surface area contributed by atoms with Crippen molar-refractivity contribution >= 4 is 0 Å². The van der Waals surface area contributed by atoms with E-state index >= 15 is 0 Å². The summed E-state index contributed by atoms with van der Waals surface area (Å²) in [6.45, 7) is 6.84. The molecule has 1 aromatic rings. The van der Waals surface area contributed by atoms with Gasteiger partial charge in [0.25, 0.3) is 0 Å². The van der Waals surface area contributed by atoms with E-state index in [9.17, 15) is 0 Å². The van der Waals surface area contributed by atoms with Crippen LogP contribution in [0.4, 0.5) is 0 Å². The fourth-order valence-corrected chi connectivity index (χ4v) is 2.44. The number of rotatable bonds is 4. The lowest BCUT2D eigenvalue weighted by Gasteiger charge is -2.37. The lowest BCUT2D eigenvalue weighted by Crippen LogP contribution is -2.50. The molecule has 1 nitrogen and oxygen atoms in total. The van der Waals surface area contributed by atoms with Crippen LogP contribution in [-0.4, -0.2) is 11.6 Å². The Morgan fingerprint density at radius 2 is 1.94 bits per heavy atom. The van der Waals surface area contributed by atoms with Crippen LogP contribution in [0, 0.1) is 6.92 Å². The van der Waals surface area contributed by atoms with Gasteiger partial charge in [-0.25, -0.2) is 0 Å². The van der Waals surface area contributed by atoms with Crippen molar-refractivity contribution in [3.8, 4) is 0 Å². The van der Waals surface area contributed by atoms with Crippen molar-refractivity contribution in [2.75, 3.05) is 0 Å². The lowest BCUT2D eigenvalue weighted by atomic mass is 9.86. The molecule has 1 aliphatic rings. The molecule has 88 valence electrons. The molecule has 0 atom stereocenters. The smallest absolute Gasteiger partial charge is 0.0168 e. The van der Waals surface area contributed by atoms with Crippen molar-refractivity contribution in [1.82, 2.24) is 5.32 Å². The topological polar surface area (TPSA) is 12.0 Å². The highest BCUT2D eigenvalue weighted by atomic mass is 15.0. The normalized spacial score (nSPS) is 17.2. The molecule has 1 aromatic carbocycles. The van der Waals surface area contributed by atoms with E-state index in [1.54, 1.807) is 0 Å². The van der Waals surface area contributed by atoms with Crippen molar-refractivity contribution in [2.45, 2.75) is 58.0 Å². The summed E-state index contributed by atoms with van der Waals surface area (Å²) < 4.78 is 0. The fraction of sp³-hybridized carbons (Fsp3) is 0.600. The maximum Gasteiger partial charge on any atom is 0.0168 e. The van der Waals surface area contributed by atoms with Crippen molar-refractivity contribution in [3.05, 3.63) is 35.4 Å². The first kappa shape index (κ1) is 11.7. The molecule has 0 aromatic heterocycles. The average Bonchev–Trinajstić information content (AvgIpc) is 2.16. The summed E-state index contributed by atoms with van der Waals surface area (Å²) >= 11 is 0. The average molecular weight is 217 g/mol. The SMILES string of the molecule is Cc1ccccc1CC(C)(C)NC1CCC1. The minimum absolute atomic E-state index is 0.219. The second-order valence-electron chi connectivity index (χ2n) is 5.76.